The molecule has 1 atom stereocenters. The Morgan fingerprint density at radius 3 is 2.61 bits per heavy atom. The van der Waals surface area contributed by atoms with Crippen molar-refractivity contribution in [1.82, 2.24) is 10.3 Å². The summed E-state index contributed by atoms with van der Waals surface area (Å²) >= 11 is 0.834. The van der Waals surface area contributed by atoms with Crippen molar-refractivity contribution >= 4 is 39.2 Å². The smallest absolute Gasteiger partial charge is 0.417 e. The van der Waals surface area contributed by atoms with Crippen LogP contribution in [0.2, 0.25) is 0 Å². The molecule has 0 aliphatic carbocycles. The number of carbonyl (C=O) groups excluding carboxylic acids is 2. The highest BCUT2D eigenvalue weighted by molar-refractivity contribution is 7.17. The van der Waals surface area contributed by atoms with Crippen LogP contribution in [0.4, 0.5) is 23.4 Å². The van der Waals surface area contributed by atoms with Gasteiger partial charge in [0, 0.05) is 38.4 Å². The molecule has 3 heterocycles. The van der Waals surface area contributed by atoms with Gasteiger partial charge < -0.3 is 15.0 Å². The number of hydrogen-bond donors (Lipinski definition) is 1. The number of halogens is 4. The average Bonchev–Trinajstić information content (AvgIpc) is 3.16. The summed E-state index contributed by atoms with van der Waals surface area (Å²) in [5, 5.41) is 3.79. The summed E-state index contributed by atoms with van der Waals surface area (Å²) in [5.74, 6) is -1.27. The van der Waals surface area contributed by atoms with Gasteiger partial charge in [-0.3, -0.25) is 14.0 Å². The van der Waals surface area contributed by atoms with Crippen LogP contribution in [0.15, 0.2) is 11.4 Å². The molecule has 0 radical (unpaired) electrons. The van der Waals surface area contributed by atoms with Crippen LogP contribution < -0.4 is 10.2 Å². The number of amides is 1. The molecule has 2 aromatic heterocycles. The third-order valence-corrected chi connectivity index (χ3v) is 6.13. The van der Waals surface area contributed by atoms with Gasteiger partial charge in [0.1, 0.15) is 11.9 Å². The number of fused-ring (bicyclic) bond motifs is 1. The van der Waals surface area contributed by atoms with E-state index in [9.17, 15) is 27.2 Å². The molecule has 0 aromatic carbocycles. The zero-order valence-electron chi connectivity index (χ0n) is 17.1. The predicted molar refractivity (Wildman–Crippen MR) is 109 cm³/mol. The van der Waals surface area contributed by atoms with Crippen molar-refractivity contribution in [2.75, 3.05) is 31.7 Å². The monoisotopic (exact) mass is 461 g/mol. The van der Waals surface area contributed by atoms with E-state index in [1.807, 2.05) is 0 Å². The van der Waals surface area contributed by atoms with E-state index >= 15 is 0 Å². The quantitative estimate of drug-likeness (QED) is 0.516. The van der Waals surface area contributed by atoms with Crippen LogP contribution in [0.3, 0.4) is 0 Å². The number of piperidine rings is 1. The molecule has 0 bridgehead atoms. The van der Waals surface area contributed by atoms with Crippen LogP contribution in [-0.2, 0) is 15.7 Å². The van der Waals surface area contributed by atoms with Crippen molar-refractivity contribution in [2.24, 2.45) is 5.92 Å². The summed E-state index contributed by atoms with van der Waals surface area (Å²) in [6, 6.07) is 1.00. The van der Waals surface area contributed by atoms with E-state index in [1.165, 1.54) is 12.4 Å². The van der Waals surface area contributed by atoms with Crippen LogP contribution in [0, 0.1) is 5.92 Å². The van der Waals surface area contributed by atoms with Crippen LogP contribution >= 0.6 is 11.3 Å². The number of thiophene rings is 1. The topological polar surface area (TPSA) is 71.5 Å². The van der Waals surface area contributed by atoms with Gasteiger partial charge in [-0.05, 0) is 12.0 Å². The fourth-order valence-electron chi connectivity index (χ4n) is 3.44. The number of esters is 1. The molecule has 0 saturated carbocycles. The predicted octanol–water partition coefficient (Wildman–Crippen LogP) is 4.18. The summed E-state index contributed by atoms with van der Waals surface area (Å²) in [7, 11) is 1.40. The fourth-order valence-corrected chi connectivity index (χ4v) is 4.46. The zero-order valence-corrected chi connectivity index (χ0v) is 17.9. The summed E-state index contributed by atoms with van der Waals surface area (Å²) in [6.45, 7) is 1.68. The Hall–Kier alpha value is -2.43. The van der Waals surface area contributed by atoms with Crippen molar-refractivity contribution in [3.63, 3.8) is 0 Å². The van der Waals surface area contributed by atoms with Gasteiger partial charge in [0.15, 0.2) is 0 Å². The normalized spacial score (nSPS) is 16.4. The molecule has 2 aromatic rings. The molecule has 1 amide bonds. The Balaban J connectivity index is 1.80. The van der Waals surface area contributed by atoms with E-state index in [1.54, 1.807) is 11.8 Å². The molecule has 1 aliphatic rings. The molecular formula is C20H23F4N3O3S. The third kappa shape index (κ3) is 5.25. The Morgan fingerprint density at radius 2 is 2.03 bits per heavy atom. The second-order valence-corrected chi connectivity index (χ2v) is 8.45. The lowest BCUT2D eigenvalue weighted by Crippen LogP contribution is -2.38. The second-order valence-electron chi connectivity index (χ2n) is 7.57. The number of nitrogens with one attached hydrogen (secondary N) is 1. The van der Waals surface area contributed by atoms with Gasteiger partial charge >= 0.3 is 12.1 Å². The van der Waals surface area contributed by atoms with E-state index in [4.69, 9.17) is 4.74 Å². The lowest BCUT2D eigenvalue weighted by atomic mass is 10.1. The van der Waals surface area contributed by atoms with Crippen LogP contribution in [0.1, 0.15) is 42.1 Å². The zero-order chi connectivity index (χ0) is 22.8. The van der Waals surface area contributed by atoms with Gasteiger partial charge in [-0.1, -0.05) is 6.92 Å². The minimum atomic E-state index is -4.60. The molecule has 3 rings (SSSR count). The first-order valence-corrected chi connectivity index (χ1v) is 10.7. The van der Waals surface area contributed by atoms with Crippen LogP contribution in [-0.4, -0.2) is 49.8 Å². The molecule has 0 unspecified atom stereocenters. The first kappa shape index (κ1) is 23.2. The van der Waals surface area contributed by atoms with E-state index < -0.39 is 36.2 Å². The molecule has 11 heteroatoms. The Morgan fingerprint density at radius 1 is 1.35 bits per heavy atom. The maximum atomic E-state index is 13.7. The maximum absolute atomic E-state index is 13.7. The molecular weight excluding hydrogens is 438 g/mol. The van der Waals surface area contributed by atoms with Gasteiger partial charge in [0.25, 0.3) is 5.91 Å². The summed E-state index contributed by atoms with van der Waals surface area (Å²) in [4.78, 5) is 30.0. The highest BCUT2D eigenvalue weighted by Gasteiger charge is 2.36. The van der Waals surface area contributed by atoms with Crippen LogP contribution in [0.25, 0.3) is 10.2 Å². The van der Waals surface area contributed by atoms with Crippen molar-refractivity contribution < 1.29 is 31.9 Å². The number of aromatic nitrogens is 1. The Bertz CT molecular complexity index is 955. The lowest BCUT2D eigenvalue weighted by molar-refractivity contribution is -0.151. The number of anilines is 1. The molecule has 170 valence electrons. The largest absolute Gasteiger partial charge is 0.462 e. The van der Waals surface area contributed by atoms with Crippen LogP contribution in [0.5, 0.6) is 0 Å². The highest BCUT2D eigenvalue weighted by Crippen LogP contribution is 2.40. The number of rotatable bonds is 6. The summed E-state index contributed by atoms with van der Waals surface area (Å²) in [6.07, 6.45) is -4.14. The molecule has 1 fully saturated rings. The molecule has 1 saturated heterocycles. The molecule has 1 aliphatic heterocycles. The molecule has 1 N–H and O–H groups in total. The minimum Gasteiger partial charge on any atom is -0.462 e. The Labute approximate surface area is 180 Å². The number of carbonyl (C=O) groups is 2. The van der Waals surface area contributed by atoms with E-state index in [2.05, 4.69) is 10.3 Å². The van der Waals surface area contributed by atoms with Gasteiger partial charge in [-0.15, -0.1) is 11.3 Å². The molecule has 31 heavy (non-hydrogen) atoms. The number of hydrogen-bond acceptors (Lipinski definition) is 6. The highest BCUT2D eigenvalue weighted by atomic mass is 32.1. The lowest BCUT2D eigenvalue weighted by Gasteiger charge is -2.33. The van der Waals surface area contributed by atoms with E-state index in [0.29, 0.717) is 25.9 Å². The van der Waals surface area contributed by atoms with Crippen molar-refractivity contribution in [2.45, 2.75) is 38.5 Å². The second kappa shape index (κ2) is 9.37. The Kier molecular flexibility index (Phi) is 7.03. The standard InChI is InChI=1S/C20H23F4N3O3S/c1-11(9-21)7-16(28)30-12-3-5-27(6-4-12)15-8-14(20(22,23)24)18-17(26-15)13(10-31-18)19(29)25-2/h8,10-12H,3-7,9H2,1-2H3,(H,25,29)/t11-/m1/s1. The van der Waals surface area contributed by atoms with E-state index in [0.717, 1.165) is 17.4 Å². The molecule has 6 nitrogen and oxygen atoms in total. The first-order valence-electron chi connectivity index (χ1n) is 9.86. The summed E-state index contributed by atoms with van der Waals surface area (Å²) in [5.41, 5.74) is -0.718. The van der Waals surface area contributed by atoms with Crippen molar-refractivity contribution in [3.05, 3.63) is 22.6 Å². The SMILES string of the molecule is CNC(=O)c1csc2c(C(F)(F)F)cc(N3CCC(OC(=O)C[C@@H](C)CF)CC3)nc12. The molecule has 0 spiro atoms. The van der Waals surface area contributed by atoms with E-state index in [-0.39, 0.29) is 34.1 Å². The maximum Gasteiger partial charge on any atom is 0.417 e. The van der Waals surface area contributed by atoms with Gasteiger partial charge in [0.05, 0.1) is 34.4 Å². The third-order valence-electron chi connectivity index (χ3n) is 5.13. The minimum absolute atomic E-state index is 0.00962. The fraction of sp³-hybridized carbons (Fsp3) is 0.550. The van der Waals surface area contributed by atoms with Crippen molar-refractivity contribution in [1.29, 1.82) is 0 Å². The first-order chi connectivity index (χ1) is 14.6. The van der Waals surface area contributed by atoms with Gasteiger partial charge in [0.2, 0.25) is 0 Å². The number of pyridine rings is 1. The average molecular weight is 461 g/mol. The van der Waals surface area contributed by atoms with Crippen molar-refractivity contribution in [3.8, 4) is 0 Å². The summed E-state index contributed by atoms with van der Waals surface area (Å²) < 4.78 is 58.8. The van der Waals surface area contributed by atoms with Gasteiger partial charge in [-0.25, -0.2) is 4.98 Å². The number of nitrogens with zero attached hydrogens (tertiary/aromatic N) is 2. The number of ether oxygens (including phenoxy) is 1. The van der Waals surface area contributed by atoms with Gasteiger partial charge in [-0.2, -0.15) is 13.2 Å². The number of alkyl halides is 4.